The average molecular weight is 265 g/mol. The molecule has 0 amide bonds. The van der Waals surface area contributed by atoms with Crippen LogP contribution in [0, 0.1) is 0 Å². The summed E-state index contributed by atoms with van der Waals surface area (Å²) < 4.78 is 1.86. The highest BCUT2D eigenvalue weighted by Gasteiger charge is 2.09. The van der Waals surface area contributed by atoms with Crippen LogP contribution in [0.5, 0.6) is 0 Å². The number of aromatic nitrogens is 1. The van der Waals surface area contributed by atoms with Crippen LogP contribution in [0.3, 0.4) is 0 Å². The van der Waals surface area contributed by atoms with Crippen LogP contribution in [0.4, 0.5) is 0 Å². The number of rotatable bonds is 4. The van der Waals surface area contributed by atoms with Crippen molar-refractivity contribution in [3.63, 3.8) is 0 Å². The van der Waals surface area contributed by atoms with Crippen molar-refractivity contribution in [3.8, 4) is 10.6 Å². The molecule has 2 aromatic heterocycles. The standard InChI is InChI=1S/C13H15NOS2/c1-2-7-14-11(12-4-3-8-17-12)6-5-10(9-16)13(14)15/h3-6,8,16H,2,7,9H2,1H3. The SMILES string of the molecule is CCCn1c(-c2cccs2)ccc(CS)c1=O. The van der Waals surface area contributed by atoms with Crippen molar-refractivity contribution < 1.29 is 0 Å². The maximum atomic E-state index is 12.2. The van der Waals surface area contributed by atoms with E-state index in [1.54, 1.807) is 11.3 Å². The topological polar surface area (TPSA) is 22.0 Å². The summed E-state index contributed by atoms with van der Waals surface area (Å²) in [4.78, 5) is 13.4. The van der Waals surface area contributed by atoms with E-state index in [1.165, 1.54) is 0 Å². The van der Waals surface area contributed by atoms with Crippen molar-refractivity contribution in [2.45, 2.75) is 25.6 Å². The molecule has 0 aliphatic heterocycles. The molecular weight excluding hydrogens is 250 g/mol. The van der Waals surface area contributed by atoms with Gasteiger partial charge < -0.3 is 4.57 Å². The predicted molar refractivity (Wildman–Crippen MR) is 77.0 cm³/mol. The van der Waals surface area contributed by atoms with E-state index >= 15 is 0 Å². The summed E-state index contributed by atoms with van der Waals surface area (Å²) in [6, 6.07) is 7.96. The van der Waals surface area contributed by atoms with Crippen LogP contribution in [0.1, 0.15) is 18.9 Å². The third-order valence-electron chi connectivity index (χ3n) is 2.64. The second-order valence-electron chi connectivity index (χ2n) is 3.84. The van der Waals surface area contributed by atoms with E-state index in [0.29, 0.717) is 5.75 Å². The van der Waals surface area contributed by atoms with Crippen LogP contribution < -0.4 is 5.56 Å². The number of hydrogen-bond acceptors (Lipinski definition) is 3. The molecule has 0 saturated carbocycles. The Labute approximate surface area is 110 Å². The van der Waals surface area contributed by atoms with Gasteiger partial charge in [0.05, 0.1) is 10.6 Å². The molecule has 0 aliphatic carbocycles. The van der Waals surface area contributed by atoms with Crippen LogP contribution in [0.15, 0.2) is 34.4 Å². The first-order chi connectivity index (χ1) is 8.27. The monoisotopic (exact) mass is 265 g/mol. The highest BCUT2D eigenvalue weighted by atomic mass is 32.1. The minimum absolute atomic E-state index is 0.0905. The Morgan fingerprint density at radius 1 is 1.35 bits per heavy atom. The van der Waals surface area contributed by atoms with Gasteiger partial charge in [-0.1, -0.05) is 19.1 Å². The third kappa shape index (κ3) is 2.48. The second-order valence-corrected chi connectivity index (χ2v) is 5.10. The van der Waals surface area contributed by atoms with Crippen LogP contribution in [-0.2, 0) is 12.3 Å². The molecule has 0 aromatic carbocycles. The lowest BCUT2D eigenvalue weighted by Gasteiger charge is -2.12. The zero-order valence-electron chi connectivity index (χ0n) is 9.72. The summed E-state index contributed by atoms with van der Waals surface area (Å²) in [5.74, 6) is 0.493. The van der Waals surface area contributed by atoms with Gasteiger partial charge in [-0.25, -0.2) is 0 Å². The summed E-state index contributed by atoms with van der Waals surface area (Å²) in [6.45, 7) is 2.84. The molecule has 4 heteroatoms. The Bertz CT molecular complexity index is 543. The molecule has 0 fully saturated rings. The van der Waals surface area contributed by atoms with Crippen molar-refractivity contribution in [3.05, 3.63) is 45.6 Å². The van der Waals surface area contributed by atoms with Gasteiger partial charge in [0.15, 0.2) is 0 Å². The van der Waals surface area contributed by atoms with Gasteiger partial charge in [0.2, 0.25) is 0 Å². The van der Waals surface area contributed by atoms with Gasteiger partial charge in [-0.05, 0) is 23.9 Å². The molecular formula is C13H15NOS2. The smallest absolute Gasteiger partial charge is 0.255 e. The summed E-state index contributed by atoms with van der Waals surface area (Å²) in [6.07, 6.45) is 0.953. The normalized spacial score (nSPS) is 10.7. The minimum atomic E-state index is 0.0905. The quantitative estimate of drug-likeness (QED) is 0.841. The second kappa shape index (κ2) is 5.56. The average Bonchev–Trinajstić information content (AvgIpc) is 2.85. The maximum Gasteiger partial charge on any atom is 0.255 e. The Morgan fingerprint density at radius 2 is 2.18 bits per heavy atom. The molecule has 2 rings (SSSR count). The van der Waals surface area contributed by atoms with Gasteiger partial charge in [-0.2, -0.15) is 12.6 Å². The molecule has 2 heterocycles. The van der Waals surface area contributed by atoms with Crippen molar-refractivity contribution in [2.75, 3.05) is 0 Å². The van der Waals surface area contributed by atoms with E-state index in [0.717, 1.165) is 29.1 Å². The van der Waals surface area contributed by atoms with Crippen LogP contribution in [-0.4, -0.2) is 4.57 Å². The van der Waals surface area contributed by atoms with Gasteiger partial charge in [0.25, 0.3) is 5.56 Å². The Balaban J connectivity index is 2.60. The molecule has 0 unspecified atom stereocenters. The number of hydrogen-bond donors (Lipinski definition) is 1. The van der Waals surface area contributed by atoms with Gasteiger partial charge in [0, 0.05) is 17.9 Å². The maximum absolute atomic E-state index is 12.2. The molecule has 2 aromatic rings. The van der Waals surface area contributed by atoms with Crippen molar-refractivity contribution >= 4 is 24.0 Å². The first kappa shape index (κ1) is 12.5. The van der Waals surface area contributed by atoms with E-state index in [9.17, 15) is 4.79 Å². The fourth-order valence-corrected chi connectivity index (χ4v) is 2.83. The fourth-order valence-electron chi connectivity index (χ4n) is 1.83. The van der Waals surface area contributed by atoms with Crippen molar-refractivity contribution in [2.24, 2.45) is 0 Å². The molecule has 0 atom stereocenters. The summed E-state index contributed by atoms with van der Waals surface area (Å²) in [5, 5.41) is 2.03. The van der Waals surface area contributed by atoms with E-state index in [4.69, 9.17) is 0 Å². The number of nitrogens with zero attached hydrogens (tertiary/aromatic N) is 1. The molecule has 0 radical (unpaired) electrons. The van der Waals surface area contributed by atoms with Gasteiger partial charge in [-0.15, -0.1) is 11.3 Å². The molecule has 0 aliphatic rings. The van der Waals surface area contributed by atoms with Crippen molar-refractivity contribution in [1.82, 2.24) is 4.57 Å². The van der Waals surface area contributed by atoms with E-state index < -0.39 is 0 Å². The zero-order valence-corrected chi connectivity index (χ0v) is 11.4. The van der Waals surface area contributed by atoms with Gasteiger partial charge in [0.1, 0.15) is 0 Å². The largest absolute Gasteiger partial charge is 0.307 e. The summed E-state index contributed by atoms with van der Waals surface area (Å²) in [5.41, 5.74) is 1.87. The van der Waals surface area contributed by atoms with E-state index in [-0.39, 0.29) is 5.56 Å². The van der Waals surface area contributed by atoms with Crippen molar-refractivity contribution in [1.29, 1.82) is 0 Å². The zero-order chi connectivity index (χ0) is 12.3. The van der Waals surface area contributed by atoms with E-state index in [2.05, 4.69) is 19.6 Å². The molecule has 0 bridgehead atoms. The Morgan fingerprint density at radius 3 is 2.76 bits per heavy atom. The van der Waals surface area contributed by atoms with E-state index in [1.807, 2.05) is 34.2 Å². The predicted octanol–water partition coefficient (Wildman–Crippen LogP) is 3.42. The van der Waals surface area contributed by atoms with Crippen LogP contribution in [0.2, 0.25) is 0 Å². The number of thiol groups is 1. The molecule has 17 heavy (non-hydrogen) atoms. The molecule has 0 N–H and O–H groups in total. The van der Waals surface area contributed by atoms with Crippen LogP contribution in [0.25, 0.3) is 10.6 Å². The molecule has 0 spiro atoms. The highest BCUT2D eigenvalue weighted by molar-refractivity contribution is 7.79. The molecule has 0 saturated heterocycles. The third-order valence-corrected chi connectivity index (χ3v) is 3.88. The molecule has 90 valence electrons. The van der Waals surface area contributed by atoms with Crippen LogP contribution >= 0.6 is 24.0 Å². The van der Waals surface area contributed by atoms with Gasteiger partial charge >= 0.3 is 0 Å². The number of pyridine rings is 1. The number of thiophene rings is 1. The highest BCUT2D eigenvalue weighted by Crippen LogP contribution is 2.24. The molecule has 2 nitrogen and oxygen atoms in total. The Hall–Kier alpha value is -1.00. The summed E-state index contributed by atoms with van der Waals surface area (Å²) in [7, 11) is 0. The lowest BCUT2D eigenvalue weighted by atomic mass is 10.2. The first-order valence-corrected chi connectivity index (χ1v) is 7.16. The summed E-state index contributed by atoms with van der Waals surface area (Å²) >= 11 is 5.85. The lowest BCUT2D eigenvalue weighted by molar-refractivity contribution is 0.657. The fraction of sp³-hybridized carbons (Fsp3) is 0.308. The first-order valence-electron chi connectivity index (χ1n) is 5.65. The Kier molecular flexibility index (Phi) is 4.07. The lowest BCUT2D eigenvalue weighted by Crippen LogP contribution is -2.24. The van der Waals surface area contributed by atoms with Gasteiger partial charge in [-0.3, -0.25) is 4.79 Å². The minimum Gasteiger partial charge on any atom is -0.307 e.